The summed E-state index contributed by atoms with van der Waals surface area (Å²) < 4.78 is 9.75. The topological polar surface area (TPSA) is 18.5 Å². The van der Waals surface area contributed by atoms with E-state index in [0.29, 0.717) is 0 Å². The van der Waals surface area contributed by atoms with Crippen molar-refractivity contribution in [1.29, 1.82) is 0 Å². The van der Waals surface area contributed by atoms with Crippen LogP contribution in [0.4, 0.5) is 0 Å². The first kappa shape index (κ1) is 10.7. The van der Waals surface area contributed by atoms with Gasteiger partial charge < -0.3 is 9.26 Å². The third kappa shape index (κ3) is 4.20. The van der Waals surface area contributed by atoms with Gasteiger partial charge in [-0.3, -0.25) is 0 Å². The number of hydrogen-bond donors (Lipinski definition) is 0. The number of ether oxygens (including phenoxy) is 1. The van der Waals surface area contributed by atoms with Crippen LogP contribution in [-0.4, -0.2) is 6.79 Å². The molecular weight excluding hydrogens is 183 g/mol. The lowest BCUT2D eigenvalue weighted by atomic mass is 10.3. The predicted molar refractivity (Wildman–Crippen MR) is 50.0 cm³/mol. The number of para-hydroxylation sites is 1. The number of rotatable bonds is 3. The lowest BCUT2D eigenvalue weighted by molar-refractivity contribution is 0.141. The molecule has 0 aliphatic rings. The molecule has 0 saturated heterocycles. The van der Waals surface area contributed by atoms with Crippen LogP contribution in [0.25, 0.3) is 0 Å². The maximum absolute atomic E-state index is 5.11. The highest BCUT2D eigenvalue weighted by molar-refractivity contribution is 7.09. The number of benzene rings is 1. The van der Waals surface area contributed by atoms with Crippen molar-refractivity contribution in [3.8, 4) is 5.75 Å². The summed E-state index contributed by atoms with van der Waals surface area (Å²) in [5.41, 5.74) is 0. The summed E-state index contributed by atoms with van der Waals surface area (Å²) in [6.45, 7) is 0.272. The van der Waals surface area contributed by atoms with Gasteiger partial charge in [0.05, 0.1) is 0 Å². The second kappa shape index (κ2) is 6.41. The maximum Gasteiger partial charge on any atom is 0.191 e. The fourth-order valence-corrected chi connectivity index (χ4v) is 0.687. The SMILES string of the molecule is Cl.POCOc1ccccc1. The van der Waals surface area contributed by atoms with Gasteiger partial charge in [0.15, 0.2) is 6.79 Å². The Bertz CT molecular complexity index is 181. The standard InChI is InChI=1S/C7H9O2P.ClH/c10-9-6-8-7-4-2-1-3-5-7;/h1-5H,6,10H2;1H. The second-order valence-electron chi connectivity index (χ2n) is 1.74. The minimum atomic E-state index is 0. The molecule has 0 fully saturated rings. The van der Waals surface area contributed by atoms with Gasteiger partial charge in [0, 0.05) is 9.47 Å². The highest BCUT2D eigenvalue weighted by Gasteiger charge is 1.86. The molecule has 1 rings (SSSR count). The molecule has 0 N–H and O–H groups in total. The van der Waals surface area contributed by atoms with Gasteiger partial charge in [-0.05, 0) is 12.1 Å². The third-order valence-electron chi connectivity index (χ3n) is 1.04. The zero-order valence-electron chi connectivity index (χ0n) is 5.90. The van der Waals surface area contributed by atoms with Crippen molar-refractivity contribution < 1.29 is 9.26 Å². The summed E-state index contributed by atoms with van der Waals surface area (Å²) in [5.74, 6) is 0.824. The van der Waals surface area contributed by atoms with Crippen LogP contribution in [0.2, 0.25) is 0 Å². The lowest BCUT2D eigenvalue weighted by Gasteiger charge is -2.01. The Kier molecular flexibility index (Phi) is 6.24. The van der Waals surface area contributed by atoms with E-state index in [2.05, 4.69) is 14.0 Å². The van der Waals surface area contributed by atoms with E-state index in [1.807, 2.05) is 30.3 Å². The van der Waals surface area contributed by atoms with Crippen molar-refractivity contribution in [3.05, 3.63) is 30.3 Å². The molecule has 1 aromatic carbocycles. The average Bonchev–Trinajstić information content (AvgIpc) is 2.03. The highest BCUT2D eigenvalue weighted by atomic mass is 35.5. The Balaban J connectivity index is 0.000001000. The van der Waals surface area contributed by atoms with E-state index in [1.165, 1.54) is 0 Å². The van der Waals surface area contributed by atoms with Gasteiger partial charge in [-0.25, -0.2) is 0 Å². The summed E-state index contributed by atoms with van der Waals surface area (Å²) in [7, 11) is 2.13. The zero-order valence-corrected chi connectivity index (χ0v) is 7.87. The minimum Gasteiger partial charge on any atom is -0.467 e. The Morgan fingerprint density at radius 1 is 1.18 bits per heavy atom. The molecule has 0 aliphatic heterocycles. The largest absolute Gasteiger partial charge is 0.467 e. The van der Waals surface area contributed by atoms with Gasteiger partial charge in [-0.2, -0.15) is 0 Å². The van der Waals surface area contributed by atoms with E-state index in [4.69, 9.17) is 4.74 Å². The van der Waals surface area contributed by atoms with Gasteiger partial charge >= 0.3 is 0 Å². The molecule has 0 amide bonds. The van der Waals surface area contributed by atoms with Crippen LogP contribution < -0.4 is 4.74 Å². The summed E-state index contributed by atoms with van der Waals surface area (Å²) in [6.07, 6.45) is 0. The molecule has 0 spiro atoms. The molecule has 1 unspecified atom stereocenters. The molecular formula is C7H10ClO2P. The van der Waals surface area contributed by atoms with Crippen LogP contribution in [0.5, 0.6) is 5.75 Å². The molecule has 0 saturated carbocycles. The summed E-state index contributed by atoms with van der Waals surface area (Å²) >= 11 is 0. The number of halogens is 1. The molecule has 11 heavy (non-hydrogen) atoms. The Morgan fingerprint density at radius 3 is 2.36 bits per heavy atom. The van der Waals surface area contributed by atoms with Crippen LogP contribution in [0, 0.1) is 0 Å². The van der Waals surface area contributed by atoms with Crippen molar-refractivity contribution in [2.45, 2.75) is 0 Å². The average molecular weight is 193 g/mol. The van der Waals surface area contributed by atoms with Crippen molar-refractivity contribution in [1.82, 2.24) is 0 Å². The van der Waals surface area contributed by atoms with Crippen LogP contribution in [0.1, 0.15) is 0 Å². The van der Waals surface area contributed by atoms with Crippen molar-refractivity contribution >= 4 is 21.9 Å². The minimum absolute atomic E-state index is 0. The van der Waals surface area contributed by atoms with Crippen LogP contribution in [-0.2, 0) is 4.52 Å². The van der Waals surface area contributed by atoms with Gasteiger partial charge in [-0.1, -0.05) is 18.2 Å². The van der Waals surface area contributed by atoms with Crippen molar-refractivity contribution in [2.24, 2.45) is 0 Å². The van der Waals surface area contributed by atoms with Gasteiger partial charge in [0.2, 0.25) is 0 Å². The molecule has 2 nitrogen and oxygen atoms in total. The molecule has 0 aromatic heterocycles. The first-order valence-electron chi connectivity index (χ1n) is 2.93. The van der Waals surface area contributed by atoms with E-state index in [-0.39, 0.29) is 19.2 Å². The van der Waals surface area contributed by atoms with Crippen molar-refractivity contribution in [2.75, 3.05) is 6.79 Å². The highest BCUT2D eigenvalue weighted by Crippen LogP contribution is 2.07. The smallest absolute Gasteiger partial charge is 0.191 e. The fraction of sp³-hybridized carbons (Fsp3) is 0.143. The van der Waals surface area contributed by atoms with Crippen molar-refractivity contribution in [3.63, 3.8) is 0 Å². The van der Waals surface area contributed by atoms with Gasteiger partial charge in [0.25, 0.3) is 0 Å². The molecule has 0 bridgehead atoms. The lowest BCUT2D eigenvalue weighted by Crippen LogP contribution is -1.94. The van der Waals surface area contributed by atoms with E-state index in [9.17, 15) is 0 Å². The number of hydrogen-bond acceptors (Lipinski definition) is 2. The Labute approximate surface area is 74.6 Å². The normalized spacial score (nSPS) is 8.45. The molecule has 0 aliphatic carbocycles. The second-order valence-corrected chi connectivity index (χ2v) is 2.08. The molecule has 1 atom stereocenters. The molecule has 4 heteroatoms. The van der Waals surface area contributed by atoms with Crippen LogP contribution >= 0.6 is 21.9 Å². The van der Waals surface area contributed by atoms with E-state index < -0.39 is 0 Å². The molecule has 62 valence electrons. The Hall–Kier alpha value is -0.300. The van der Waals surface area contributed by atoms with Crippen LogP contribution in [0.3, 0.4) is 0 Å². The van der Waals surface area contributed by atoms with Gasteiger partial charge in [-0.15, -0.1) is 12.4 Å². The molecule has 0 heterocycles. The zero-order chi connectivity index (χ0) is 7.23. The van der Waals surface area contributed by atoms with Crippen LogP contribution in [0.15, 0.2) is 30.3 Å². The monoisotopic (exact) mass is 192 g/mol. The van der Waals surface area contributed by atoms with Gasteiger partial charge in [0.1, 0.15) is 5.75 Å². The van der Waals surface area contributed by atoms with E-state index in [0.717, 1.165) is 5.75 Å². The van der Waals surface area contributed by atoms with E-state index in [1.54, 1.807) is 0 Å². The van der Waals surface area contributed by atoms with E-state index >= 15 is 0 Å². The summed E-state index contributed by atoms with van der Waals surface area (Å²) in [6, 6.07) is 9.53. The summed E-state index contributed by atoms with van der Waals surface area (Å²) in [5, 5.41) is 0. The first-order chi connectivity index (χ1) is 4.93. The Morgan fingerprint density at radius 2 is 1.82 bits per heavy atom. The quantitative estimate of drug-likeness (QED) is 0.540. The summed E-state index contributed by atoms with van der Waals surface area (Å²) in [4.78, 5) is 0. The fourth-order valence-electron chi connectivity index (χ4n) is 0.619. The first-order valence-corrected chi connectivity index (χ1v) is 3.40. The molecule has 0 radical (unpaired) electrons. The maximum atomic E-state index is 5.11. The predicted octanol–water partition coefficient (Wildman–Crippen LogP) is 2.25. The third-order valence-corrected chi connectivity index (χ3v) is 1.17. The molecule has 1 aromatic rings.